The SMILES string of the molecule is CCNC(=NCc1ccc(Oc2c(OC)cccc2OC)nc1)NCc1sccc1C.I. The number of halogens is 1. The normalized spacial score (nSPS) is 10.8. The van der Waals surface area contributed by atoms with Gasteiger partial charge in [0.1, 0.15) is 0 Å². The first-order valence-electron chi connectivity index (χ1n) is 10.0. The Labute approximate surface area is 210 Å². The number of aromatic nitrogens is 1. The highest BCUT2D eigenvalue weighted by atomic mass is 127. The third-order valence-corrected chi connectivity index (χ3v) is 5.56. The number of aryl methyl sites for hydroxylation is 1. The van der Waals surface area contributed by atoms with Gasteiger partial charge in [0.25, 0.3) is 0 Å². The molecule has 172 valence electrons. The van der Waals surface area contributed by atoms with E-state index in [1.807, 2.05) is 37.3 Å². The van der Waals surface area contributed by atoms with Gasteiger partial charge in [0.05, 0.1) is 27.3 Å². The molecule has 0 radical (unpaired) electrons. The number of nitrogens with one attached hydrogen (secondary N) is 2. The van der Waals surface area contributed by atoms with E-state index >= 15 is 0 Å². The van der Waals surface area contributed by atoms with Crippen molar-refractivity contribution in [3.63, 3.8) is 0 Å². The first-order valence-corrected chi connectivity index (χ1v) is 10.9. The predicted molar refractivity (Wildman–Crippen MR) is 140 cm³/mol. The molecule has 0 spiro atoms. The fraction of sp³-hybridized carbons (Fsp3) is 0.304. The summed E-state index contributed by atoms with van der Waals surface area (Å²) in [6.07, 6.45) is 1.76. The molecule has 32 heavy (non-hydrogen) atoms. The molecule has 7 nitrogen and oxygen atoms in total. The molecule has 0 saturated heterocycles. The average molecular weight is 568 g/mol. The third-order valence-electron chi connectivity index (χ3n) is 4.54. The maximum absolute atomic E-state index is 5.91. The molecule has 0 atom stereocenters. The van der Waals surface area contributed by atoms with Crippen LogP contribution in [0.3, 0.4) is 0 Å². The predicted octanol–water partition coefficient (Wildman–Crippen LogP) is 5.13. The van der Waals surface area contributed by atoms with Crippen molar-refractivity contribution in [2.24, 2.45) is 4.99 Å². The van der Waals surface area contributed by atoms with Crippen LogP contribution in [-0.2, 0) is 13.1 Å². The monoisotopic (exact) mass is 568 g/mol. The number of pyridine rings is 1. The van der Waals surface area contributed by atoms with Gasteiger partial charge in [0, 0.05) is 23.7 Å². The second-order valence-corrected chi connectivity index (χ2v) is 7.67. The van der Waals surface area contributed by atoms with Crippen LogP contribution in [0.25, 0.3) is 0 Å². The Kier molecular flexibility index (Phi) is 10.5. The fourth-order valence-electron chi connectivity index (χ4n) is 2.85. The molecule has 2 N–H and O–H groups in total. The number of nitrogens with zero attached hydrogens (tertiary/aromatic N) is 2. The lowest BCUT2D eigenvalue weighted by Gasteiger charge is -2.13. The van der Waals surface area contributed by atoms with Crippen LogP contribution in [0.1, 0.15) is 22.9 Å². The van der Waals surface area contributed by atoms with E-state index in [0.717, 1.165) is 24.6 Å². The molecule has 1 aromatic carbocycles. The zero-order valence-corrected chi connectivity index (χ0v) is 21.8. The van der Waals surface area contributed by atoms with Gasteiger partial charge in [-0.1, -0.05) is 12.1 Å². The number of hydrogen-bond acceptors (Lipinski definition) is 6. The van der Waals surface area contributed by atoms with E-state index in [4.69, 9.17) is 14.2 Å². The van der Waals surface area contributed by atoms with Crippen LogP contribution < -0.4 is 24.8 Å². The zero-order chi connectivity index (χ0) is 22.1. The van der Waals surface area contributed by atoms with E-state index in [1.54, 1.807) is 31.8 Å². The van der Waals surface area contributed by atoms with Crippen molar-refractivity contribution in [2.75, 3.05) is 20.8 Å². The number of thiophene rings is 1. The molecular formula is C23H29IN4O3S. The molecule has 0 saturated carbocycles. The second-order valence-electron chi connectivity index (χ2n) is 6.67. The topological polar surface area (TPSA) is 77.0 Å². The van der Waals surface area contributed by atoms with Crippen LogP contribution in [-0.4, -0.2) is 31.7 Å². The lowest BCUT2D eigenvalue weighted by atomic mass is 10.3. The second kappa shape index (κ2) is 13.1. The number of guanidine groups is 1. The van der Waals surface area contributed by atoms with Gasteiger partial charge in [-0.3, -0.25) is 0 Å². The van der Waals surface area contributed by atoms with Gasteiger partial charge in [-0.25, -0.2) is 9.98 Å². The molecule has 2 aromatic heterocycles. The van der Waals surface area contributed by atoms with Crippen LogP contribution in [0.4, 0.5) is 0 Å². The smallest absolute Gasteiger partial charge is 0.219 e. The summed E-state index contributed by atoms with van der Waals surface area (Å²) >= 11 is 1.74. The molecular weight excluding hydrogens is 539 g/mol. The summed E-state index contributed by atoms with van der Waals surface area (Å²) in [5.41, 5.74) is 2.27. The maximum atomic E-state index is 5.91. The highest BCUT2D eigenvalue weighted by Gasteiger charge is 2.13. The summed E-state index contributed by atoms with van der Waals surface area (Å²) in [6, 6.07) is 11.4. The molecule has 3 aromatic rings. The van der Waals surface area contributed by atoms with E-state index in [2.05, 4.69) is 39.0 Å². The standard InChI is InChI=1S/C23H28N4O3S.HI/c1-5-24-23(27-15-20-16(2)11-12-31-20)26-14-17-9-10-21(25-13-17)30-22-18(28-3)7-6-8-19(22)29-4;/h6-13H,5,14-15H2,1-4H3,(H2,24,26,27);1H. The molecule has 0 bridgehead atoms. The molecule has 3 rings (SSSR count). The molecule has 9 heteroatoms. The Morgan fingerprint density at radius 2 is 1.81 bits per heavy atom. The van der Waals surface area contributed by atoms with Gasteiger partial charge in [-0.2, -0.15) is 0 Å². The van der Waals surface area contributed by atoms with Gasteiger partial charge in [-0.15, -0.1) is 35.3 Å². The van der Waals surface area contributed by atoms with Crippen LogP contribution in [0.15, 0.2) is 53.0 Å². The summed E-state index contributed by atoms with van der Waals surface area (Å²) in [5.74, 6) is 2.88. The van der Waals surface area contributed by atoms with Gasteiger partial charge >= 0.3 is 0 Å². The Balaban J connectivity index is 0.00000363. The van der Waals surface area contributed by atoms with Crippen molar-refractivity contribution in [1.29, 1.82) is 0 Å². The minimum Gasteiger partial charge on any atom is -0.493 e. The number of aliphatic imine (C=N–C) groups is 1. The van der Waals surface area contributed by atoms with Gasteiger partial charge < -0.3 is 24.8 Å². The van der Waals surface area contributed by atoms with Crippen molar-refractivity contribution in [1.82, 2.24) is 15.6 Å². The third kappa shape index (κ3) is 6.99. The molecule has 2 heterocycles. The van der Waals surface area contributed by atoms with E-state index in [1.165, 1.54) is 10.4 Å². The first kappa shape index (κ1) is 25.7. The van der Waals surface area contributed by atoms with Crippen LogP contribution in [0, 0.1) is 6.92 Å². The first-order chi connectivity index (χ1) is 15.1. The molecule has 0 unspecified atom stereocenters. The van der Waals surface area contributed by atoms with Gasteiger partial charge in [-0.05, 0) is 48.6 Å². The Bertz CT molecular complexity index is 986. The lowest BCUT2D eigenvalue weighted by molar-refractivity contribution is 0.342. The summed E-state index contributed by atoms with van der Waals surface area (Å²) < 4.78 is 16.6. The maximum Gasteiger partial charge on any atom is 0.219 e. The number of para-hydroxylation sites is 1. The highest BCUT2D eigenvalue weighted by Crippen LogP contribution is 2.39. The number of benzene rings is 1. The Hall–Kier alpha value is -2.53. The summed E-state index contributed by atoms with van der Waals surface area (Å²) in [5, 5.41) is 8.76. The number of hydrogen-bond donors (Lipinski definition) is 2. The van der Waals surface area contributed by atoms with Crippen molar-refractivity contribution in [3.8, 4) is 23.1 Å². The van der Waals surface area contributed by atoms with Crippen LogP contribution >= 0.6 is 35.3 Å². The Morgan fingerprint density at radius 3 is 2.38 bits per heavy atom. The molecule has 0 aliphatic carbocycles. The summed E-state index contributed by atoms with van der Waals surface area (Å²) in [4.78, 5) is 10.4. The van der Waals surface area contributed by atoms with Crippen molar-refractivity contribution in [3.05, 3.63) is 64.0 Å². The van der Waals surface area contributed by atoms with E-state index in [-0.39, 0.29) is 24.0 Å². The van der Waals surface area contributed by atoms with E-state index < -0.39 is 0 Å². The molecule has 0 amide bonds. The molecule has 0 aliphatic rings. The van der Waals surface area contributed by atoms with E-state index in [9.17, 15) is 0 Å². The minimum absolute atomic E-state index is 0. The average Bonchev–Trinajstić information content (AvgIpc) is 3.21. The summed E-state index contributed by atoms with van der Waals surface area (Å²) in [6.45, 7) is 6.22. The van der Waals surface area contributed by atoms with Crippen LogP contribution in [0.5, 0.6) is 23.1 Å². The quantitative estimate of drug-likeness (QED) is 0.212. The van der Waals surface area contributed by atoms with Crippen LogP contribution in [0.2, 0.25) is 0 Å². The fourth-order valence-corrected chi connectivity index (χ4v) is 3.69. The number of ether oxygens (including phenoxy) is 3. The summed E-state index contributed by atoms with van der Waals surface area (Å²) in [7, 11) is 3.18. The van der Waals surface area contributed by atoms with Crippen molar-refractivity contribution in [2.45, 2.75) is 26.9 Å². The largest absolute Gasteiger partial charge is 0.493 e. The number of rotatable bonds is 9. The molecule has 0 fully saturated rings. The van der Waals surface area contributed by atoms with Crippen molar-refractivity contribution < 1.29 is 14.2 Å². The Morgan fingerprint density at radius 1 is 1.06 bits per heavy atom. The minimum atomic E-state index is 0. The molecule has 0 aliphatic heterocycles. The van der Waals surface area contributed by atoms with Gasteiger partial charge in [0.15, 0.2) is 17.5 Å². The van der Waals surface area contributed by atoms with Crippen molar-refractivity contribution >= 4 is 41.3 Å². The lowest BCUT2D eigenvalue weighted by Crippen LogP contribution is -2.36. The van der Waals surface area contributed by atoms with Gasteiger partial charge in [0.2, 0.25) is 11.6 Å². The number of methoxy groups -OCH3 is 2. The van der Waals surface area contributed by atoms with E-state index in [0.29, 0.717) is 29.7 Å². The highest BCUT2D eigenvalue weighted by molar-refractivity contribution is 14.0. The zero-order valence-electron chi connectivity index (χ0n) is 18.7.